The van der Waals surface area contributed by atoms with Crippen molar-refractivity contribution in [2.24, 2.45) is 0 Å². The molecule has 11 heteroatoms. The van der Waals surface area contributed by atoms with E-state index in [-0.39, 0.29) is 22.8 Å². The van der Waals surface area contributed by atoms with Crippen LogP contribution in [0, 0.1) is 0 Å². The van der Waals surface area contributed by atoms with Gasteiger partial charge in [0.05, 0.1) is 6.04 Å². The fourth-order valence-corrected chi connectivity index (χ4v) is 3.68. The van der Waals surface area contributed by atoms with Crippen molar-refractivity contribution >= 4 is 0 Å². The summed E-state index contributed by atoms with van der Waals surface area (Å²) in [5.41, 5.74) is -0.338. The van der Waals surface area contributed by atoms with Crippen LogP contribution in [0.4, 0.5) is 35.1 Å². The molecule has 2 N–H and O–H groups in total. The summed E-state index contributed by atoms with van der Waals surface area (Å²) in [6.07, 6.45) is -13.7. The van der Waals surface area contributed by atoms with Gasteiger partial charge in [-0.25, -0.2) is 0 Å². The van der Waals surface area contributed by atoms with E-state index in [0.29, 0.717) is 17.9 Å². The maximum Gasteiger partial charge on any atom is 0.458 e. The van der Waals surface area contributed by atoms with E-state index >= 15 is 0 Å². The van der Waals surface area contributed by atoms with Gasteiger partial charge in [0, 0.05) is 12.1 Å². The number of alkyl halides is 8. The first-order valence-electron chi connectivity index (χ1n) is 11.5. The molecule has 206 valence electrons. The summed E-state index contributed by atoms with van der Waals surface area (Å²) in [6.45, 7) is 2.93. The van der Waals surface area contributed by atoms with Gasteiger partial charge >= 0.3 is 18.3 Å². The molecule has 0 aliphatic heterocycles. The molecule has 0 amide bonds. The standard InChI is InChI=1S/C27H25F8NO2/c1-16(2)17-6-4-10-21(13-17)38-22-11-5-8-19(14-22)24(36-15-23(37)26(30,31)32)18-7-3-9-20(12-18)25(28,29)27(33,34)35/h3-14,16,23-24,36-37H,15H2,1-2H3/t23-,24?/m1/s1. The lowest BCUT2D eigenvalue weighted by molar-refractivity contribution is -0.289. The van der Waals surface area contributed by atoms with Crippen LogP contribution in [0.1, 0.15) is 48.1 Å². The minimum Gasteiger partial charge on any atom is -0.457 e. The second-order valence-corrected chi connectivity index (χ2v) is 9.00. The summed E-state index contributed by atoms with van der Waals surface area (Å²) in [4.78, 5) is 0. The fraction of sp³-hybridized carbons (Fsp3) is 0.333. The Morgan fingerprint density at radius 2 is 1.24 bits per heavy atom. The van der Waals surface area contributed by atoms with Crippen LogP contribution in [0.25, 0.3) is 0 Å². The zero-order valence-corrected chi connectivity index (χ0v) is 20.2. The third-order valence-corrected chi connectivity index (χ3v) is 5.78. The maximum absolute atomic E-state index is 14.0. The first-order valence-corrected chi connectivity index (χ1v) is 11.5. The van der Waals surface area contributed by atoms with Gasteiger partial charge in [-0.2, -0.15) is 35.1 Å². The van der Waals surface area contributed by atoms with E-state index in [1.165, 1.54) is 24.3 Å². The Balaban J connectivity index is 2.00. The molecule has 0 aliphatic carbocycles. The van der Waals surface area contributed by atoms with E-state index < -0.39 is 42.5 Å². The number of ether oxygens (including phenoxy) is 1. The average Bonchev–Trinajstić information content (AvgIpc) is 2.83. The molecule has 0 bridgehead atoms. The molecule has 1 unspecified atom stereocenters. The van der Waals surface area contributed by atoms with Crippen molar-refractivity contribution in [3.63, 3.8) is 0 Å². The van der Waals surface area contributed by atoms with Crippen LogP contribution in [0.15, 0.2) is 72.8 Å². The second kappa shape index (κ2) is 11.3. The highest BCUT2D eigenvalue weighted by molar-refractivity contribution is 5.41. The molecule has 3 nitrogen and oxygen atoms in total. The van der Waals surface area contributed by atoms with Gasteiger partial charge in [0.2, 0.25) is 0 Å². The quantitative estimate of drug-likeness (QED) is 0.268. The van der Waals surface area contributed by atoms with Gasteiger partial charge in [-0.05, 0) is 52.9 Å². The van der Waals surface area contributed by atoms with Crippen LogP contribution in [0.3, 0.4) is 0 Å². The highest BCUT2D eigenvalue weighted by Crippen LogP contribution is 2.44. The van der Waals surface area contributed by atoms with Gasteiger partial charge in [-0.15, -0.1) is 0 Å². The summed E-state index contributed by atoms with van der Waals surface area (Å²) in [6, 6.07) is 15.1. The van der Waals surface area contributed by atoms with Crippen LogP contribution < -0.4 is 10.1 Å². The molecule has 0 fully saturated rings. The molecule has 2 atom stereocenters. The molecule has 0 spiro atoms. The largest absolute Gasteiger partial charge is 0.458 e. The number of halogens is 8. The Bertz CT molecular complexity index is 1220. The van der Waals surface area contributed by atoms with Gasteiger partial charge < -0.3 is 15.2 Å². The second-order valence-electron chi connectivity index (χ2n) is 9.00. The number of aliphatic hydroxyl groups excluding tert-OH is 1. The SMILES string of the molecule is CC(C)c1cccc(Oc2cccc(C(NC[C@@H](O)C(F)(F)F)c3cccc(C(F)(F)C(F)(F)F)c3)c2)c1. The first-order chi connectivity index (χ1) is 17.6. The number of nitrogens with one attached hydrogen (secondary N) is 1. The van der Waals surface area contributed by atoms with Crippen molar-refractivity contribution < 1.29 is 45.0 Å². The maximum atomic E-state index is 14.0. The Morgan fingerprint density at radius 3 is 1.76 bits per heavy atom. The highest BCUT2D eigenvalue weighted by Gasteiger charge is 2.58. The Morgan fingerprint density at radius 1 is 0.737 bits per heavy atom. The van der Waals surface area contributed by atoms with Gasteiger partial charge in [0.1, 0.15) is 11.5 Å². The third-order valence-electron chi connectivity index (χ3n) is 5.78. The smallest absolute Gasteiger partial charge is 0.457 e. The molecule has 3 aromatic rings. The summed E-state index contributed by atoms with van der Waals surface area (Å²) in [7, 11) is 0. The molecule has 38 heavy (non-hydrogen) atoms. The number of hydrogen-bond acceptors (Lipinski definition) is 3. The van der Waals surface area contributed by atoms with Gasteiger partial charge in [-0.3, -0.25) is 0 Å². The minimum atomic E-state index is -5.88. The summed E-state index contributed by atoms with van der Waals surface area (Å²) in [5, 5.41) is 11.9. The summed E-state index contributed by atoms with van der Waals surface area (Å²) >= 11 is 0. The topological polar surface area (TPSA) is 41.5 Å². The van der Waals surface area contributed by atoms with E-state index in [2.05, 4.69) is 5.32 Å². The zero-order valence-electron chi connectivity index (χ0n) is 20.2. The van der Waals surface area contributed by atoms with Crippen molar-refractivity contribution in [2.75, 3.05) is 6.54 Å². The van der Waals surface area contributed by atoms with E-state index in [1.54, 1.807) is 24.3 Å². The van der Waals surface area contributed by atoms with Gasteiger partial charge in [0.15, 0.2) is 6.10 Å². The Hall–Kier alpha value is -3.18. The van der Waals surface area contributed by atoms with Crippen LogP contribution >= 0.6 is 0 Å². The van der Waals surface area contributed by atoms with E-state index in [1.807, 2.05) is 19.9 Å². The van der Waals surface area contributed by atoms with Crippen LogP contribution in [-0.4, -0.2) is 30.1 Å². The highest BCUT2D eigenvalue weighted by atomic mass is 19.4. The lowest BCUT2D eigenvalue weighted by Gasteiger charge is -2.25. The third kappa shape index (κ3) is 7.02. The van der Waals surface area contributed by atoms with Crippen molar-refractivity contribution in [1.29, 1.82) is 0 Å². The van der Waals surface area contributed by atoms with Crippen LogP contribution in [-0.2, 0) is 5.92 Å². The molecule has 3 aromatic carbocycles. The van der Waals surface area contributed by atoms with E-state index in [0.717, 1.165) is 11.6 Å². The predicted octanol–water partition coefficient (Wildman–Crippen LogP) is 7.86. The fourth-order valence-electron chi connectivity index (χ4n) is 3.68. The molecular formula is C27H25F8NO2. The van der Waals surface area contributed by atoms with Crippen molar-refractivity contribution in [3.8, 4) is 11.5 Å². The van der Waals surface area contributed by atoms with Crippen LogP contribution in [0.2, 0.25) is 0 Å². The number of benzene rings is 3. The van der Waals surface area contributed by atoms with Crippen LogP contribution in [0.5, 0.6) is 11.5 Å². The van der Waals surface area contributed by atoms with Crippen molar-refractivity contribution in [2.45, 2.75) is 50.2 Å². The minimum absolute atomic E-state index is 0.167. The molecule has 0 saturated carbocycles. The molecule has 3 rings (SSSR count). The first kappa shape index (κ1) is 29.4. The normalized spacial score (nSPS) is 14.4. The number of aliphatic hydroxyl groups is 1. The van der Waals surface area contributed by atoms with Crippen molar-refractivity contribution in [3.05, 3.63) is 95.1 Å². The number of rotatable bonds is 9. The average molecular weight is 547 g/mol. The van der Waals surface area contributed by atoms with Gasteiger partial charge in [0.25, 0.3) is 0 Å². The number of hydrogen-bond donors (Lipinski definition) is 2. The predicted molar refractivity (Wildman–Crippen MR) is 125 cm³/mol. The summed E-state index contributed by atoms with van der Waals surface area (Å²) in [5.74, 6) is -4.26. The Kier molecular flexibility index (Phi) is 8.72. The zero-order chi connectivity index (χ0) is 28.3. The van der Waals surface area contributed by atoms with E-state index in [4.69, 9.17) is 4.74 Å². The molecule has 0 radical (unpaired) electrons. The summed E-state index contributed by atoms with van der Waals surface area (Å²) < 4.78 is 112. The molecule has 0 saturated heterocycles. The van der Waals surface area contributed by atoms with Gasteiger partial charge in [-0.1, -0.05) is 56.3 Å². The monoisotopic (exact) mass is 547 g/mol. The molecule has 0 heterocycles. The molecular weight excluding hydrogens is 522 g/mol. The lowest BCUT2D eigenvalue weighted by atomic mass is 9.95. The molecule has 0 aromatic heterocycles. The van der Waals surface area contributed by atoms with E-state index in [9.17, 15) is 40.2 Å². The lowest BCUT2D eigenvalue weighted by Crippen LogP contribution is -2.40. The van der Waals surface area contributed by atoms with Crippen molar-refractivity contribution in [1.82, 2.24) is 5.32 Å². The Labute approximate surface area is 214 Å². The molecule has 0 aliphatic rings.